The van der Waals surface area contributed by atoms with Crippen molar-refractivity contribution < 1.29 is 17.6 Å². The summed E-state index contributed by atoms with van der Waals surface area (Å²) in [7, 11) is 0. The Balaban J connectivity index is 2.10. The molecule has 0 bridgehead atoms. The van der Waals surface area contributed by atoms with E-state index in [9.17, 15) is 17.6 Å². The van der Waals surface area contributed by atoms with Gasteiger partial charge in [0.1, 0.15) is 5.82 Å². The van der Waals surface area contributed by atoms with E-state index < -0.39 is 12.7 Å². The van der Waals surface area contributed by atoms with Crippen molar-refractivity contribution in [1.82, 2.24) is 5.32 Å². The minimum absolute atomic E-state index is 0.106. The molecule has 0 saturated carbocycles. The van der Waals surface area contributed by atoms with Gasteiger partial charge in [0.15, 0.2) is 0 Å². The molecule has 0 aliphatic heterocycles. The lowest BCUT2D eigenvalue weighted by molar-refractivity contribution is -0.125. The molecule has 1 nitrogen and oxygen atoms in total. The Morgan fingerprint density at radius 2 is 1.95 bits per heavy atom. The van der Waals surface area contributed by atoms with Gasteiger partial charge in [0, 0.05) is 6.54 Å². The molecule has 102 valence electrons. The van der Waals surface area contributed by atoms with Gasteiger partial charge in [-0.1, -0.05) is 12.1 Å². The quantitative estimate of drug-likeness (QED) is 0.832. The summed E-state index contributed by atoms with van der Waals surface area (Å²) < 4.78 is 49.3. The molecular weight excluding hydrogens is 278 g/mol. The highest BCUT2D eigenvalue weighted by atomic mass is 32.1. The first kappa shape index (κ1) is 14.0. The zero-order valence-electron chi connectivity index (χ0n) is 9.80. The first-order chi connectivity index (χ1) is 8.96. The van der Waals surface area contributed by atoms with E-state index in [0.717, 1.165) is 11.1 Å². The number of thiophene rings is 1. The highest BCUT2D eigenvalue weighted by Crippen LogP contribution is 2.28. The topological polar surface area (TPSA) is 12.0 Å². The van der Waals surface area contributed by atoms with E-state index in [0.29, 0.717) is 5.56 Å². The monoisotopic (exact) mass is 289 g/mol. The first-order valence-corrected chi connectivity index (χ1v) is 6.48. The summed E-state index contributed by atoms with van der Waals surface area (Å²) in [6, 6.07) is 6.01. The molecule has 1 aromatic carbocycles. The number of nitrogens with one attached hydrogen (secondary N) is 1. The Morgan fingerprint density at radius 3 is 2.63 bits per heavy atom. The Kier molecular flexibility index (Phi) is 4.21. The van der Waals surface area contributed by atoms with E-state index >= 15 is 0 Å². The fourth-order valence-electron chi connectivity index (χ4n) is 1.71. The maximum absolute atomic E-state index is 13.1. The SMILES string of the molecule is Fc1cccc(-c2cscc2CNCC(F)(F)F)c1. The van der Waals surface area contributed by atoms with E-state index in [1.807, 2.05) is 0 Å². The molecule has 0 amide bonds. The van der Waals surface area contributed by atoms with E-state index in [1.165, 1.54) is 23.5 Å². The number of hydrogen-bond donors (Lipinski definition) is 1. The van der Waals surface area contributed by atoms with Gasteiger partial charge in [0.2, 0.25) is 0 Å². The molecule has 0 aliphatic carbocycles. The molecular formula is C13H11F4NS. The molecule has 0 radical (unpaired) electrons. The second-order valence-corrected chi connectivity index (χ2v) is 4.78. The summed E-state index contributed by atoms with van der Waals surface area (Å²) in [5.74, 6) is -0.363. The van der Waals surface area contributed by atoms with Gasteiger partial charge >= 0.3 is 6.18 Å². The van der Waals surface area contributed by atoms with Crippen LogP contribution in [-0.2, 0) is 6.54 Å². The van der Waals surface area contributed by atoms with Gasteiger partial charge in [0.05, 0.1) is 6.54 Å². The largest absolute Gasteiger partial charge is 0.401 e. The smallest absolute Gasteiger partial charge is 0.305 e. The van der Waals surface area contributed by atoms with Gasteiger partial charge in [-0.25, -0.2) is 4.39 Å². The molecule has 0 saturated heterocycles. The summed E-state index contributed by atoms with van der Waals surface area (Å²) in [4.78, 5) is 0. The van der Waals surface area contributed by atoms with Crippen LogP contribution in [0.4, 0.5) is 17.6 Å². The van der Waals surface area contributed by atoms with Gasteiger partial charge in [-0.15, -0.1) is 0 Å². The molecule has 0 aliphatic rings. The van der Waals surface area contributed by atoms with E-state index in [1.54, 1.807) is 22.9 Å². The predicted molar refractivity (Wildman–Crippen MR) is 67.5 cm³/mol. The third-order valence-corrected chi connectivity index (χ3v) is 3.31. The normalized spacial score (nSPS) is 11.8. The molecule has 1 heterocycles. The van der Waals surface area contributed by atoms with E-state index in [2.05, 4.69) is 5.32 Å². The third kappa shape index (κ3) is 4.04. The second-order valence-electron chi connectivity index (χ2n) is 4.04. The van der Waals surface area contributed by atoms with Gasteiger partial charge in [-0.3, -0.25) is 0 Å². The molecule has 0 spiro atoms. The summed E-state index contributed by atoms with van der Waals surface area (Å²) in [6.07, 6.45) is -4.23. The average molecular weight is 289 g/mol. The molecule has 0 unspecified atom stereocenters. The Morgan fingerprint density at radius 1 is 1.16 bits per heavy atom. The standard InChI is InChI=1S/C13H11F4NS/c14-11-3-1-2-9(4-11)12-7-19-6-10(12)5-18-8-13(15,16)17/h1-4,6-7,18H,5,8H2. The maximum Gasteiger partial charge on any atom is 0.401 e. The number of rotatable bonds is 4. The van der Waals surface area contributed by atoms with Crippen LogP contribution in [0.5, 0.6) is 0 Å². The summed E-state index contributed by atoms with van der Waals surface area (Å²) in [5, 5.41) is 5.91. The third-order valence-electron chi connectivity index (χ3n) is 2.52. The van der Waals surface area contributed by atoms with Gasteiger partial charge in [-0.2, -0.15) is 24.5 Å². The number of hydrogen-bond acceptors (Lipinski definition) is 2. The van der Waals surface area contributed by atoms with Crippen molar-refractivity contribution in [1.29, 1.82) is 0 Å². The lowest BCUT2D eigenvalue weighted by Crippen LogP contribution is -2.28. The van der Waals surface area contributed by atoms with E-state index in [4.69, 9.17) is 0 Å². The molecule has 1 aromatic heterocycles. The fourth-order valence-corrected chi connectivity index (χ4v) is 2.57. The van der Waals surface area contributed by atoms with Crippen LogP contribution in [0.3, 0.4) is 0 Å². The summed E-state index contributed by atoms with van der Waals surface area (Å²) >= 11 is 1.38. The van der Waals surface area contributed by atoms with Gasteiger partial charge in [-0.05, 0) is 39.6 Å². The number of halogens is 4. The van der Waals surface area contributed by atoms with Crippen molar-refractivity contribution in [3.63, 3.8) is 0 Å². The van der Waals surface area contributed by atoms with Crippen LogP contribution in [0, 0.1) is 5.82 Å². The van der Waals surface area contributed by atoms with Crippen LogP contribution < -0.4 is 5.32 Å². The molecule has 0 atom stereocenters. The zero-order valence-corrected chi connectivity index (χ0v) is 10.6. The molecule has 19 heavy (non-hydrogen) atoms. The van der Waals surface area contributed by atoms with Crippen molar-refractivity contribution in [2.75, 3.05) is 6.54 Å². The predicted octanol–water partition coefficient (Wildman–Crippen LogP) is 4.21. The molecule has 2 aromatic rings. The van der Waals surface area contributed by atoms with Crippen LogP contribution in [-0.4, -0.2) is 12.7 Å². The zero-order chi connectivity index (χ0) is 13.9. The second kappa shape index (κ2) is 5.71. The molecule has 2 rings (SSSR count). The Bertz CT molecular complexity index is 548. The summed E-state index contributed by atoms with van der Waals surface area (Å²) in [6.45, 7) is -0.930. The average Bonchev–Trinajstić information content (AvgIpc) is 2.75. The minimum atomic E-state index is -4.23. The van der Waals surface area contributed by atoms with Crippen molar-refractivity contribution in [2.24, 2.45) is 0 Å². The van der Waals surface area contributed by atoms with Crippen LogP contribution >= 0.6 is 11.3 Å². The lowest BCUT2D eigenvalue weighted by Gasteiger charge is -2.09. The van der Waals surface area contributed by atoms with Crippen molar-refractivity contribution in [3.8, 4) is 11.1 Å². The first-order valence-electron chi connectivity index (χ1n) is 5.54. The number of alkyl halides is 3. The molecule has 0 fully saturated rings. The Labute approximate surface area is 111 Å². The lowest BCUT2D eigenvalue weighted by atomic mass is 10.0. The Hall–Kier alpha value is -1.40. The summed E-state index contributed by atoms with van der Waals surface area (Å²) in [5.41, 5.74) is 2.17. The maximum atomic E-state index is 13.1. The number of benzene rings is 1. The van der Waals surface area contributed by atoms with Crippen molar-refractivity contribution in [2.45, 2.75) is 12.7 Å². The van der Waals surface area contributed by atoms with Gasteiger partial charge in [0.25, 0.3) is 0 Å². The van der Waals surface area contributed by atoms with Crippen molar-refractivity contribution >= 4 is 11.3 Å². The van der Waals surface area contributed by atoms with E-state index in [-0.39, 0.29) is 12.4 Å². The van der Waals surface area contributed by atoms with Gasteiger partial charge < -0.3 is 5.32 Å². The molecule has 6 heteroatoms. The van der Waals surface area contributed by atoms with Crippen LogP contribution in [0.2, 0.25) is 0 Å². The highest BCUT2D eigenvalue weighted by Gasteiger charge is 2.26. The molecule has 1 N–H and O–H groups in total. The fraction of sp³-hybridized carbons (Fsp3) is 0.231. The van der Waals surface area contributed by atoms with Crippen LogP contribution in [0.1, 0.15) is 5.56 Å². The highest BCUT2D eigenvalue weighted by molar-refractivity contribution is 7.08. The van der Waals surface area contributed by atoms with Crippen LogP contribution in [0.25, 0.3) is 11.1 Å². The van der Waals surface area contributed by atoms with Crippen molar-refractivity contribution in [3.05, 3.63) is 46.4 Å². The minimum Gasteiger partial charge on any atom is -0.305 e. The van der Waals surface area contributed by atoms with Crippen LogP contribution in [0.15, 0.2) is 35.0 Å².